The maximum Gasteiger partial charge on any atom is 0.333 e. The van der Waals surface area contributed by atoms with Crippen LogP contribution < -0.4 is 4.74 Å². The molecule has 0 radical (unpaired) electrons. The van der Waals surface area contributed by atoms with Crippen molar-refractivity contribution < 1.29 is 46.5 Å². The van der Waals surface area contributed by atoms with Crippen molar-refractivity contribution in [2.45, 2.75) is 27.7 Å². The maximum absolute atomic E-state index is 14.1. The normalized spacial score (nSPS) is 10.9. The summed E-state index contributed by atoms with van der Waals surface area (Å²) in [6.07, 6.45) is 2.80. The van der Waals surface area contributed by atoms with E-state index in [2.05, 4.69) is 0 Å². The number of hydrogen-bond donors (Lipinski definition) is 1. The molecular formula is C36H34F4O6. The third-order valence-corrected chi connectivity index (χ3v) is 5.65. The van der Waals surface area contributed by atoms with Gasteiger partial charge in [0.15, 0.2) is 29.0 Å². The molecule has 0 aromatic heterocycles. The van der Waals surface area contributed by atoms with Crippen molar-refractivity contribution in [2.24, 2.45) is 0 Å². The molecule has 0 heterocycles. The van der Waals surface area contributed by atoms with Gasteiger partial charge in [-0.1, -0.05) is 42.5 Å². The topological polar surface area (TPSA) is 82.1 Å². The summed E-state index contributed by atoms with van der Waals surface area (Å²) in [5, 5.41) is 8.63. The van der Waals surface area contributed by atoms with Crippen LogP contribution in [0.1, 0.15) is 38.8 Å². The molecule has 46 heavy (non-hydrogen) atoms. The number of phenols is 1. The number of hydrogen-bond acceptors (Lipinski definition) is 6. The van der Waals surface area contributed by atoms with E-state index < -0.39 is 35.2 Å². The molecule has 4 rings (SSSR count). The SMILES string of the molecule is CCOC(=O)/C(C)=C/c1cc(F)c(F)c(F)c1.CCOC(=O)/C(C)=C/c1ccc(Oc2ccccc2)c(F)c1.Oc1ccccc1. The Morgan fingerprint density at radius 1 is 0.652 bits per heavy atom. The lowest BCUT2D eigenvalue weighted by Crippen LogP contribution is -2.05. The molecule has 0 fully saturated rings. The molecule has 4 aromatic rings. The van der Waals surface area contributed by atoms with E-state index in [-0.39, 0.29) is 23.5 Å². The quantitative estimate of drug-likeness (QED) is 0.0898. The Bertz CT molecular complexity index is 1610. The number of ether oxygens (including phenoxy) is 3. The van der Waals surface area contributed by atoms with Gasteiger partial charge in [0.1, 0.15) is 11.5 Å². The van der Waals surface area contributed by atoms with E-state index in [0.29, 0.717) is 29.2 Å². The highest BCUT2D eigenvalue weighted by atomic mass is 19.2. The van der Waals surface area contributed by atoms with Gasteiger partial charge in [-0.3, -0.25) is 0 Å². The van der Waals surface area contributed by atoms with Gasteiger partial charge in [-0.2, -0.15) is 0 Å². The van der Waals surface area contributed by atoms with Crippen LogP contribution in [-0.2, 0) is 19.1 Å². The van der Waals surface area contributed by atoms with Gasteiger partial charge < -0.3 is 19.3 Å². The number of halogens is 4. The zero-order valence-corrected chi connectivity index (χ0v) is 25.7. The Kier molecular flexibility index (Phi) is 15.3. The predicted molar refractivity (Wildman–Crippen MR) is 168 cm³/mol. The van der Waals surface area contributed by atoms with E-state index >= 15 is 0 Å². The third kappa shape index (κ3) is 12.7. The molecule has 0 atom stereocenters. The molecule has 0 aliphatic carbocycles. The van der Waals surface area contributed by atoms with E-state index in [1.165, 1.54) is 25.1 Å². The van der Waals surface area contributed by atoms with E-state index in [1.807, 2.05) is 24.3 Å². The highest BCUT2D eigenvalue weighted by Crippen LogP contribution is 2.25. The van der Waals surface area contributed by atoms with Crippen LogP contribution in [0.25, 0.3) is 12.2 Å². The van der Waals surface area contributed by atoms with Crippen molar-refractivity contribution in [3.8, 4) is 17.2 Å². The number of aromatic hydroxyl groups is 1. The molecule has 0 amide bonds. The Hall–Kier alpha value is -5.38. The first-order valence-electron chi connectivity index (χ1n) is 14.1. The molecule has 0 saturated carbocycles. The largest absolute Gasteiger partial charge is 0.508 e. The van der Waals surface area contributed by atoms with Crippen LogP contribution in [0.15, 0.2) is 102 Å². The average Bonchev–Trinajstić information content (AvgIpc) is 3.03. The number of carbonyl (C=O) groups excluding carboxylic acids is 2. The fourth-order valence-electron chi connectivity index (χ4n) is 3.50. The Morgan fingerprint density at radius 2 is 1.11 bits per heavy atom. The van der Waals surface area contributed by atoms with Crippen molar-refractivity contribution in [1.82, 2.24) is 0 Å². The second-order valence-electron chi connectivity index (χ2n) is 9.33. The number of carbonyl (C=O) groups is 2. The fourth-order valence-corrected chi connectivity index (χ4v) is 3.50. The number of rotatable bonds is 8. The fraction of sp³-hybridized carbons (Fsp3) is 0.167. The summed E-state index contributed by atoms with van der Waals surface area (Å²) in [5.74, 6) is -4.59. The summed E-state index contributed by atoms with van der Waals surface area (Å²) in [6, 6.07) is 23.8. The summed E-state index contributed by atoms with van der Waals surface area (Å²) in [6.45, 7) is 6.96. The monoisotopic (exact) mass is 638 g/mol. The number of phenolic OH excluding ortho intramolecular Hbond substituents is 1. The zero-order valence-electron chi connectivity index (χ0n) is 25.7. The summed E-state index contributed by atoms with van der Waals surface area (Å²) in [4.78, 5) is 22.8. The van der Waals surface area contributed by atoms with E-state index in [1.54, 1.807) is 69.3 Å². The smallest absolute Gasteiger partial charge is 0.333 e. The number of para-hydroxylation sites is 2. The van der Waals surface area contributed by atoms with E-state index in [4.69, 9.17) is 19.3 Å². The van der Waals surface area contributed by atoms with E-state index in [0.717, 1.165) is 12.1 Å². The summed E-state index contributed by atoms with van der Waals surface area (Å²) in [7, 11) is 0. The van der Waals surface area contributed by atoms with Gasteiger partial charge >= 0.3 is 11.9 Å². The highest BCUT2D eigenvalue weighted by molar-refractivity contribution is 5.93. The Morgan fingerprint density at radius 3 is 1.54 bits per heavy atom. The molecule has 4 aromatic carbocycles. The van der Waals surface area contributed by atoms with Gasteiger partial charge in [0.25, 0.3) is 0 Å². The van der Waals surface area contributed by atoms with Crippen LogP contribution in [0, 0.1) is 23.3 Å². The van der Waals surface area contributed by atoms with Gasteiger partial charge in [0.05, 0.1) is 13.2 Å². The van der Waals surface area contributed by atoms with Gasteiger partial charge in [-0.05, 0) is 99.5 Å². The van der Waals surface area contributed by atoms with Crippen molar-refractivity contribution in [3.63, 3.8) is 0 Å². The molecule has 6 nitrogen and oxygen atoms in total. The minimum absolute atomic E-state index is 0.0620. The molecule has 0 bridgehead atoms. The molecule has 10 heteroatoms. The molecule has 0 aliphatic rings. The van der Waals surface area contributed by atoms with Gasteiger partial charge in [0.2, 0.25) is 0 Å². The van der Waals surface area contributed by atoms with Gasteiger partial charge in [0, 0.05) is 11.1 Å². The number of benzene rings is 4. The standard InChI is InChI=1S/C18H17FO3.C12H11F3O2.C6H6O/c1-3-21-18(20)13(2)11-14-9-10-17(16(19)12-14)22-15-7-5-4-6-8-15;1-3-17-12(16)7(2)4-8-5-9(13)11(15)10(14)6-8;7-6-4-2-1-3-5-6/h4-12H,3H2,1-2H3;4-6H,3H2,1-2H3;1-5,7H/b13-11+;7-4+;. The first-order valence-corrected chi connectivity index (χ1v) is 14.1. The lowest BCUT2D eigenvalue weighted by atomic mass is 10.1. The average molecular weight is 639 g/mol. The third-order valence-electron chi connectivity index (χ3n) is 5.65. The summed E-state index contributed by atoms with van der Waals surface area (Å²) >= 11 is 0. The maximum atomic E-state index is 14.1. The predicted octanol–water partition coefficient (Wildman–Crippen LogP) is 9.05. The van der Waals surface area contributed by atoms with Crippen molar-refractivity contribution >= 4 is 24.1 Å². The minimum atomic E-state index is -1.53. The van der Waals surface area contributed by atoms with Crippen LogP contribution in [0.5, 0.6) is 17.2 Å². The molecule has 0 aliphatic heterocycles. The van der Waals surface area contributed by atoms with Crippen LogP contribution in [0.2, 0.25) is 0 Å². The Labute approximate surface area is 265 Å². The van der Waals surface area contributed by atoms with Crippen LogP contribution in [0.4, 0.5) is 17.6 Å². The van der Waals surface area contributed by atoms with Crippen molar-refractivity contribution in [2.75, 3.05) is 13.2 Å². The van der Waals surface area contributed by atoms with Crippen LogP contribution >= 0.6 is 0 Å². The lowest BCUT2D eigenvalue weighted by molar-refractivity contribution is -0.139. The summed E-state index contributed by atoms with van der Waals surface area (Å²) < 4.78 is 67.5. The first kappa shape index (κ1) is 36.8. The van der Waals surface area contributed by atoms with E-state index in [9.17, 15) is 27.2 Å². The Balaban J connectivity index is 0.000000270. The molecule has 0 spiro atoms. The minimum Gasteiger partial charge on any atom is -0.508 e. The van der Waals surface area contributed by atoms with Crippen molar-refractivity contribution in [3.05, 3.63) is 137 Å². The van der Waals surface area contributed by atoms with Crippen LogP contribution in [0.3, 0.4) is 0 Å². The second-order valence-corrected chi connectivity index (χ2v) is 9.33. The highest BCUT2D eigenvalue weighted by Gasteiger charge is 2.11. The molecular weight excluding hydrogens is 604 g/mol. The molecule has 1 N–H and O–H groups in total. The number of esters is 2. The molecule has 0 unspecified atom stereocenters. The van der Waals surface area contributed by atoms with Crippen LogP contribution in [-0.4, -0.2) is 30.3 Å². The zero-order chi connectivity index (χ0) is 34.1. The molecule has 0 saturated heterocycles. The second kappa shape index (κ2) is 19.1. The first-order chi connectivity index (χ1) is 21.9. The van der Waals surface area contributed by atoms with Gasteiger partial charge in [-0.25, -0.2) is 27.2 Å². The lowest BCUT2D eigenvalue weighted by Gasteiger charge is -2.07. The van der Waals surface area contributed by atoms with Crippen molar-refractivity contribution in [1.29, 1.82) is 0 Å². The molecule has 242 valence electrons. The van der Waals surface area contributed by atoms with Gasteiger partial charge in [-0.15, -0.1) is 0 Å². The summed E-state index contributed by atoms with van der Waals surface area (Å²) in [5.41, 5.74) is 1.23.